The Labute approximate surface area is 235 Å². The molecule has 4 aromatic rings. The van der Waals surface area contributed by atoms with Crippen LogP contribution in [0.25, 0.3) is 10.9 Å². The van der Waals surface area contributed by atoms with Crippen molar-refractivity contribution in [2.45, 2.75) is 42.7 Å². The van der Waals surface area contributed by atoms with Crippen molar-refractivity contribution in [1.82, 2.24) is 9.97 Å². The Kier molecular flexibility index (Phi) is 7.74. The van der Waals surface area contributed by atoms with Crippen molar-refractivity contribution in [3.63, 3.8) is 0 Å². The first-order valence-electron chi connectivity index (χ1n) is 12.6. The van der Waals surface area contributed by atoms with Gasteiger partial charge in [-0.15, -0.1) is 0 Å². The molecule has 5 rings (SSSR count). The molecule has 2 aromatic heterocycles. The maximum absolute atomic E-state index is 14.9. The van der Waals surface area contributed by atoms with Crippen LogP contribution in [0.1, 0.15) is 36.0 Å². The number of primary amides is 1. The predicted molar refractivity (Wildman–Crippen MR) is 154 cm³/mol. The molecule has 1 saturated carbocycles. The average molecular weight is 584 g/mol. The van der Waals surface area contributed by atoms with Gasteiger partial charge < -0.3 is 22.1 Å². The number of benzene rings is 2. The number of fused-ring (bicyclic) bond motifs is 1. The van der Waals surface area contributed by atoms with Crippen LogP contribution in [0, 0.1) is 5.82 Å². The molecule has 208 valence electrons. The van der Waals surface area contributed by atoms with E-state index < -0.39 is 21.7 Å². The first-order valence-corrected chi connectivity index (χ1v) is 14.4. The summed E-state index contributed by atoms with van der Waals surface area (Å²) in [5, 5.41) is 7.08. The number of nitrogens with zero attached hydrogens (tertiary/aromatic N) is 2. The smallest absolute Gasteiger partial charge is 0.261 e. The van der Waals surface area contributed by atoms with E-state index in [1.54, 1.807) is 24.3 Å². The summed E-state index contributed by atoms with van der Waals surface area (Å²) in [6.45, 7) is 0. The molecule has 0 radical (unpaired) electrons. The molecule has 40 heavy (non-hydrogen) atoms. The van der Waals surface area contributed by atoms with Crippen LogP contribution in [0.3, 0.4) is 0 Å². The zero-order valence-corrected chi connectivity index (χ0v) is 22.8. The van der Waals surface area contributed by atoms with Crippen molar-refractivity contribution < 1.29 is 17.6 Å². The third-order valence-electron chi connectivity index (χ3n) is 6.72. The number of sulfonamides is 1. The second-order valence-electron chi connectivity index (χ2n) is 9.56. The molecule has 2 aromatic carbocycles. The van der Waals surface area contributed by atoms with E-state index in [0.717, 1.165) is 31.7 Å². The van der Waals surface area contributed by atoms with Gasteiger partial charge in [-0.05, 0) is 55.3 Å². The third-order valence-corrected chi connectivity index (χ3v) is 8.36. The highest BCUT2D eigenvalue weighted by Gasteiger charge is 2.25. The molecule has 1 amide bonds. The lowest BCUT2D eigenvalue weighted by Gasteiger charge is -2.30. The van der Waals surface area contributed by atoms with Gasteiger partial charge in [0.2, 0.25) is 0 Å². The van der Waals surface area contributed by atoms with Crippen LogP contribution < -0.4 is 26.8 Å². The van der Waals surface area contributed by atoms with Gasteiger partial charge in [0.1, 0.15) is 5.82 Å². The molecule has 7 N–H and O–H groups in total. The summed E-state index contributed by atoms with van der Waals surface area (Å²) < 4.78 is 43.2. The molecule has 1 aliphatic carbocycles. The fraction of sp³-hybridized carbons (Fsp3) is 0.222. The number of hydrogen-bond acceptors (Lipinski definition) is 8. The molecule has 0 spiro atoms. The minimum Gasteiger partial charge on any atom is -0.365 e. The number of carbonyl (C=O) groups is 1. The first-order chi connectivity index (χ1) is 19.1. The number of amides is 1. The molecule has 0 bridgehead atoms. The summed E-state index contributed by atoms with van der Waals surface area (Å²) in [4.78, 5) is 20.9. The Bertz CT molecular complexity index is 1690. The van der Waals surface area contributed by atoms with E-state index in [0.29, 0.717) is 21.6 Å². The maximum Gasteiger partial charge on any atom is 0.261 e. The van der Waals surface area contributed by atoms with E-state index in [1.807, 2.05) is 0 Å². The Morgan fingerprint density at radius 3 is 2.52 bits per heavy atom. The molecular formula is C27H27ClFN7O3S. The highest BCUT2D eigenvalue weighted by molar-refractivity contribution is 7.92. The number of nitrogens with one attached hydrogen (secondary N) is 3. The van der Waals surface area contributed by atoms with Crippen LogP contribution in [0.4, 0.5) is 27.4 Å². The second kappa shape index (κ2) is 11.2. The zero-order chi connectivity index (χ0) is 28.4. The molecule has 2 heterocycles. The summed E-state index contributed by atoms with van der Waals surface area (Å²) in [6, 6.07) is 13.2. The number of aromatic nitrogens is 2. The number of pyridine rings is 2. The second-order valence-corrected chi connectivity index (χ2v) is 11.7. The summed E-state index contributed by atoms with van der Waals surface area (Å²) in [7, 11) is -3.90. The minimum atomic E-state index is -3.90. The summed E-state index contributed by atoms with van der Waals surface area (Å²) >= 11 is 5.88. The van der Waals surface area contributed by atoms with E-state index in [4.69, 9.17) is 23.1 Å². The lowest BCUT2D eigenvalue weighted by Crippen LogP contribution is -2.43. The van der Waals surface area contributed by atoms with E-state index in [2.05, 4.69) is 25.3 Å². The van der Waals surface area contributed by atoms with Crippen LogP contribution in [0.2, 0.25) is 5.02 Å². The number of nitrogens with two attached hydrogens (primary N) is 2. The molecule has 10 nitrogen and oxygen atoms in total. The van der Waals surface area contributed by atoms with Gasteiger partial charge in [-0.3, -0.25) is 14.5 Å². The van der Waals surface area contributed by atoms with Gasteiger partial charge in [-0.2, -0.15) is 0 Å². The van der Waals surface area contributed by atoms with E-state index in [9.17, 15) is 17.6 Å². The van der Waals surface area contributed by atoms with Crippen LogP contribution in [0.15, 0.2) is 65.7 Å². The number of carbonyl (C=O) groups excluding carboxylic acids is 1. The zero-order valence-electron chi connectivity index (χ0n) is 21.2. The standard InChI is InChI=1S/C27H27ClFN7O3S/c28-16-8-10-18(11-9-16)40(38,39)36-23-7-3-4-15-12-17(14-32-24(15)23)33-26-19(25(31)37)13-20(29)27(35-26)34-22-6-2-1-5-21(22)30/h3-4,7-14,21-22,36H,1-2,5-6,30H2,(H2,31,37)(H2,33,34,35). The number of halogens is 2. The lowest BCUT2D eigenvalue weighted by atomic mass is 9.91. The van der Waals surface area contributed by atoms with Crippen molar-refractivity contribution in [2.75, 3.05) is 15.4 Å². The molecule has 2 unspecified atom stereocenters. The van der Waals surface area contributed by atoms with Gasteiger partial charge >= 0.3 is 0 Å². The molecule has 1 aliphatic rings. The van der Waals surface area contributed by atoms with Gasteiger partial charge in [0.05, 0.1) is 33.5 Å². The molecule has 1 fully saturated rings. The van der Waals surface area contributed by atoms with Gasteiger partial charge in [0, 0.05) is 22.5 Å². The Morgan fingerprint density at radius 2 is 1.80 bits per heavy atom. The summed E-state index contributed by atoms with van der Waals surface area (Å²) in [6.07, 6.45) is 5.04. The summed E-state index contributed by atoms with van der Waals surface area (Å²) in [5.41, 5.74) is 12.7. The van der Waals surface area contributed by atoms with Crippen molar-refractivity contribution in [1.29, 1.82) is 0 Å². The fourth-order valence-electron chi connectivity index (χ4n) is 4.65. The average Bonchev–Trinajstić information content (AvgIpc) is 2.91. The monoisotopic (exact) mass is 583 g/mol. The van der Waals surface area contributed by atoms with Crippen LogP contribution in [0.5, 0.6) is 0 Å². The predicted octanol–water partition coefficient (Wildman–Crippen LogP) is 4.75. The molecular weight excluding hydrogens is 557 g/mol. The van der Waals surface area contributed by atoms with Gasteiger partial charge in [-0.25, -0.2) is 17.8 Å². The highest BCUT2D eigenvalue weighted by Crippen LogP contribution is 2.30. The Hall–Kier alpha value is -4.00. The Balaban J connectivity index is 1.44. The third kappa shape index (κ3) is 5.93. The topological polar surface area (TPSA) is 165 Å². The van der Waals surface area contributed by atoms with Crippen LogP contribution in [-0.4, -0.2) is 36.4 Å². The normalized spacial score (nSPS) is 17.4. The lowest BCUT2D eigenvalue weighted by molar-refractivity contribution is 0.100. The van der Waals surface area contributed by atoms with Crippen LogP contribution >= 0.6 is 11.6 Å². The first kappa shape index (κ1) is 27.6. The van der Waals surface area contributed by atoms with Crippen molar-refractivity contribution in [3.8, 4) is 0 Å². The summed E-state index contributed by atoms with van der Waals surface area (Å²) in [5.74, 6) is -1.57. The largest absolute Gasteiger partial charge is 0.365 e. The van der Waals surface area contributed by atoms with Crippen molar-refractivity contribution in [3.05, 3.63) is 77.2 Å². The highest BCUT2D eigenvalue weighted by atomic mass is 35.5. The van der Waals surface area contributed by atoms with E-state index >= 15 is 0 Å². The van der Waals surface area contributed by atoms with E-state index in [1.165, 1.54) is 30.5 Å². The van der Waals surface area contributed by atoms with Crippen LogP contribution in [-0.2, 0) is 10.0 Å². The van der Waals surface area contributed by atoms with Gasteiger partial charge in [0.15, 0.2) is 11.6 Å². The molecule has 2 atom stereocenters. The fourth-order valence-corrected chi connectivity index (χ4v) is 5.85. The van der Waals surface area contributed by atoms with Gasteiger partial charge in [0.25, 0.3) is 15.9 Å². The number of rotatable bonds is 8. The number of para-hydroxylation sites is 1. The SMILES string of the molecule is NC(=O)c1cc(F)c(NC2CCCCC2N)nc1Nc1cnc2c(NS(=O)(=O)c3ccc(Cl)cc3)cccc2c1. The maximum atomic E-state index is 14.9. The molecule has 0 saturated heterocycles. The minimum absolute atomic E-state index is 0.0394. The number of anilines is 4. The molecule has 0 aliphatic heterocycles. The quantitative estimate of drug-likeness (QED) is 0.198. The van der Waals surface area contributed by atoms with Crippen molar-refractivity contribution >= 4 is 61.4 Å². The molecule has 13 heteroatoms. The Morgan fingerprint density at radius 1 is 1.05 bits per heavy atom. The van der Waals surface area contributed by atoms with Gasteiger partial charge in [-0.1, -0.05) is 36.6 Å². The van der Waals surface area contributed by atoms with E-state index in [-0.39, 0.29) is 39.9 Å². The van der Waals surface area contributed by atoms with Crippen molar-refractivity contribution in [2.24, 2.45) is 11.5 Å². The number of hydrogen-bond donors (Lipinski definition) is 5.